The Labute approximate surface area is 142 Å². The molecule has 5 nitrogen and oxygen atoms in total. The Morgan fingerprint density at radius 2 is 1.35 bits per heavy atom. The van der Waals surface area contributed by atoms with Crippen molar-refractivity contribution in [3.05, 3.63) is 59.1 Å². The van der Waals surface area contributed by atoms with Crippen LogP contribution in [0.25, 0.3) is 0 Å². The van der Waals surface area contributed by atoms with Gasteiger partial charge in [0.05, 0.1) is 0 Å². The first-order chi connectivity index (χ1) is 10.9. The quantitative estimate of drug-likeness (QED) is 0.502. The van der Waals surface area contributed by atoms with Crippen molar-refractivity contribution in [2.75, 3.05) is 0 Å². The predicted molar refractivity (Wildman–Crippen MR) is 96.8 cm³/mol. The molecule has 124 valence electrons. The van der Waals surface area contributed by atoms with Gasteiger partial charge in [-0.1, -0.05) is 61.8 Å². The van der Waals surface area contributed by atoms with Crippen LogP contribution in [-0.4, -0.2) is 34.3 Å². The molecule has 8 heteroatoms. The van der Waals surface area contributed by atoms with Gasteiger partial charge in [-0.05, 0) is 28.6 Å². The maximum absolute atomic E-state index is 8.76. The van der Waals surface area contributed by atoms with Gasteiger partial charge < -0.3 is 25.8 Å². The van der Waals surface area contributed by atoms with Crippen molar-refractivity contribution < 1.29 is 20.1 Å². The third-order valence-corrected chi connectivity index (χ3v) is 2.87. The molecule has 0 aliphatic heterocycles. The first kappa shape index (κ1) is 21.7. The van der Waals surface area contributed by atoms with Crippen LogP contribution in [0.4, 0.5) is 0 Å². The average Bonchev–Trinajstić information content (AvgIpc) is 2.57. The molecule has 0 fully saturated rings. The zero-order valence-electron chi connectivity index (χ0n) is 13.2. The molecule has 0 spiro atoms. The fourth-order valence-electron chi connectivity index (χ4n) is 1.55. The lowest BCUT2D eigenvalue weighted by Gasteiger charge is -2.00. The molecular weight excluding hydrogens is 315 g/mol. The first-order valence-corrected chi connectivity index (χ1v) is 7.58. The third kappa shape index (κ3) is 8.76. The lowest BCUT2D eigenvalue weighted by atomic mass is 9.80. The number of hydrogen-bond acceptors (Lipinski definition) is 5. The van der Waals surface area contributed by atoms with Gasteiger partial charge in [-0.3, -0.25) is 0 Å². The molecule has 0 unspecified atom stereocenters. The molecule has 0 aliphatic carbocycles. The number of nitrogens with two attached hydrogens (primary N) is 1. The van der Waals surface area contributed by atoms with Crippen LogP contribution < -0.4 is 16.7 Å². The van der Waals surface area contributed by atoms with Crippen molar-refractivity contribution in [3.63, 3.8) is 0 Å². The minimum absolute atomic E-state index is 0.410. The van der Waals surface area contributed by atoms with Gasteiger partial charge in [-0.25, -0.2) is 0 Å². The predicted octanol–water partition coefficient (Wildman–Crippen LogP) is -0.129. The molecule has 2 rings (SSSR count). The molecule has 0 amide bonds. The van der Waals surface area contributed by atoms with Crippen molar-refractivity contribution in [1.29, 1.82) is 0 Å². The molecule has 0 saturated heterocycles. The smallest absolute Gasteiger partial charge is 0.423 e. The summed E-state index contributed by atoms with van der Waals surface area (Å²) in [6.45, 7) is 4.42. The normalized spacial score (nSPS) is 9.04. The molecule has 0 atom stereocenters. The summed E-state index contributed by atoms with van der Waals surface area (Å²) in [4.78, 5) is 0. The zero-order chi connectivity index (χ0) is 17.8. The van der Waals surface area contributed by atoms with Crippen LogP contribution in [0.3, 0.4) is 0 Å². The summed E-state index contributed by atoms with van der Waals surface area (Å²) in [5, 5.41) is 35.3. The van der Waals surface area contributed by atoms with Crippen LogP contribution in [0.15, 0.2) is 48.5 Å². The van der Waals surface area contributed by atoms with Gasteiger partial charge in [-0.15, -0.1) is 0 Å². The van der Waals surface area contributed by atoms with E-state index in [0.29, 0.717) is 22.5 Å². The summed E-state index contributed by atoms with van der Waals surface area (Å²) >= 11 is 5.57. The lowest BCUT2D eigenvalue weighted by Crippen LogP contribution is -2.30. The topological polar surface area (TPSA) is 107 Å². The Bertz CT molecular complexity index is 571. The largest absolute Gasteiger partial charge is 0.488 e. The van der Waals surface area contributed by atoms with Gasteiger partial charge in [0.2, 0.25) is 0 Å². The molecule has 0 bridgehead atoms. The molecule has 0 saturated carbocycles. The second-order valence-corrected chi connectivity index (χ2v) is 4.69. The minimum Gasteiger partial charge on any atom is -0.423 e. The number of halogens is 1. The average molecular weight is 337 g/mol. The molecule has 2 aromatic carbocycles. The summed E-state index contributed by atoms with van der Waals surface area (Å²) in [6.07, 6.45) is 0. The van der Waals surface area contributed by atoms with Gasteiger partial charge in [-0.2, -0.15) is 0 Å². The molecule has 0 aromatic heterocycles. The minimum atomic E-state index is -1.43. The second-order valence-electron chi connectivity index (χ2n) is 4.25. The van der Waals surface area contributed by atoms with E-state index in [1.807, 2.05) is 19.9 Å². The van der Waals surface area contributed by atoms with Crippen LogP contribution >= 0.6 is 11.6 Å². The van der Waals surface area contributed by atoms with E-state index in [1.165, 1.54) is 6.07 Å². The Morgan fingerprint density at radius 1 is 0.870 bits per heavy atom. The van der Waals surface area contributed by atoms with E-state index < -0.39 is 14.2 Å². The summed E-state index contributed by atoms with van der Waals surface area (Å²) in [6, 6.07) is 13.3. The summed E-state index contributed by atoms with van der Waals surface area (Å²) in [5.74, 6) is 0. The van der Waals surface area contributed by atoms with E-state index >= 15 is 0 Å². The Kier molecular flexibility index (Phi) is 11.4. The van der Waals surface area contributed by atoms with E-state index in [-0.39, 0.29) is 0 Å². The third-order valence-electron chi connectivity index (χ3n) is 2.63. The highest BCUT2D eigenvalue weighted by molar-refractivity contribution is 6.59. The Balaban J connectivity index is 0.000000381. The number of hydrogen-bond donors (Lipinski definition) is 5. The van der Waals surface area contributed by atoms with Crippen molar-refractivity contribution in [1.82, 2.24) is 0 Å². The van der Waals surface area contributed by atoms with Crippen molar-refractivity contribution >= 4 is 36.8 Å². The maximum Gasteiger partial charge on any atom is 0.488 e. The Morgan fingerprint density at radius 3 is 1.74 bits per heavy atom. The zero-order valence-corrected chi connectivity index (χ0v) is 14.0. The van der Waals surface area contributed by atoms with E-state index in [9.17, 15) is 0 Å². The molecule has 0 heterocycles. The fraction of sp³-hybridized carbons (Fsp3) is 0.200. The molecular formula is C15H22B2ClNO4. The standard InChI is InChI=1S/C7H10BNO2.C6H6BClO2.C2H6/c9-5-6-2-1-3-7(4-6)8(10)11;8-6-3-1-2-5(4-6)7(9)10;1-2/h1-4,10-11H,5,9H2;1-4,9-10H;1-2H3. The SMILES string of the molecule is CC.NCc1cccc(B(O)O)c1.OB(O)c1cccc(Cl)c1. The summed E-state index contributed by atoms with van der Waals surface area (Å²) in [5.41, 5.74) is 7.14. The van der Waals surface area contributed by atoms with Crippen LogP contribution in [-0.2, 0) is 6.54 Å². The monoisotopic (exact) mass is 337 g/mol. The number of benzene rings is 2. The molecule has 0 aliphatic rings. The van der Waals surface area contributed by atoms with E-state index in [1.54, 1.807) is 36.4 Å². The molecule has 2 aromatic rings. The van der Waals surface area contributed by atoms with Crippen LogP contribution in [0.1, 0.15) is 19.4 Å². The van der Waals surface area contributed by atoms with Crippen LogP contribution in [0.5, 0.6) is 0 Å². The van der Waals surface area contributed by atoms with Crippen LogP contribution in [0.2, 0.25) is 5.02 Å². The number of rotatable bonds is 3. The second kappa shape index (κ2) is 12.1. The van der Waals surface area contributed by atoms with Gasteiger partial charge in [0.1, 0.15) is 0 Å². The summed E-state index contributed by atoms with van der Waals surface area (Å²) < 4.78 is 0. The van der Waals surface area contributed by atoms with Crippen LogP contribution in [0, 0.1) is 0 Å². The van der Waals surface area contributed by atoms with Gasteiger partial charge in [0.15, 0.2) is 0 Å². The van der Waals surface area contributed by atoms with Crippen molar-refractivity contribution in [3.8, 4) is 0 Å². The fourth-order valence-corrected chi connectivity index (χ4v) is 1.75. The highest BCUT2D eigenvalue weighted by Gasteiger charge is 2.10. The molecule has 23 heavy (non-hydrogen) atoms. The highest BCUT2D eigenvalue weighted by Crippen LogP contribution is 2.03. The van der Waals surface area contributed by atoms with E-state index in [2.05, 4.69) is 0 Å². The highest BCUT2D eigenvalue weighted by atomic mass is 35.5. The van der Waals surface area contributed by atoms with E-state index in [0.717, 1.165) is 5.56 Å². The van der Waals surface area contributed by atoms with Gasteiger partial charge in [0.25, 0.3) is 0 Å². The Hall–Kier alpha value is -1.34. The maximum atomic E-state index is 8.76. The lowest BCUT2D eigenvalue weighted by molar-refractivity contribution is 0.424. The van der Waals surface area contributed by atoms with Crippen molar-refractivity contribution in [2.45, 2.75) is 20.4 Å². The van der Waals surface area contributed by atoms with Gasteiger partial charge >= 0.3 is 14.2 Å². The summed E-state index contributed by atoms with van der Waals surface area (Å²) in [7, 11) is -2.83. The first-order valence-electron chi connectivity index (χ1n) is 7.20. The molecule has 6 N–H and O–H groups in total. The van der Waals surface area contributed by atoms with Gasteiger partial charge in [0, 0.05) is 11.6 Å². The molecule has 0 radical (unpaired) electrons. The van der Waals surface area contributed by atoms with E-state index in [4.69, 9.17) is 37.4 Å². The van der Waals surface area contributed by atoms with Crippen molar-refractivity contribution in [2.24, 2.45) is 5.73 Å².